The summed E-state index contributed by atoms with van der Waals surface area (Å²) < 4.78 is 16.6. The van der Waals surface area contributed by atoms with Crippen LogP contribution < -0.4 is 14.8 Å². The van der Waals surface area contributed by atoms with Gasteiger partial charge in [-0.25, -0.2) is 0 Å². The van der Waals surface area contributed by atoms with Gasteiger partial charge in [0.2, 0.25) is 5.91 Å². The molecular formula is C22H24BrNO5. The minimum atomic E-state index is -0.371. The number of carbonyl (C=O) groups excluding carboxylic acids is 2. The second kappa shape index (κ2) is 11.3. The first kappa shape index (κ1) is 22.5. The van der Waals surface area contributed by atoms with Gasteiger partial charge in [0, 0.05) is 12.6 Å². The molecule has 0 atom stereocenters. The van der Waals surface area contributed by atoms with Crippen LogP contribution in [-0.4, -0.2) is 32.6 Å². The Balaban J connectivity index is 2.02. The first-order valence-electron chi connectivity index (χ1n) is 9.01. The van der Waals surface area contributed by atoms with Crippen LogP contribution in [0, 0.1) is 6.92 Å². The molecule has 0 aromatic heterocycles. The molecule has 0 saturated heterocycles. The van der Waals surface area contributed by atoms with Crippen molar-refractivity contribution >= 4 is 33.9 Å². The van der Waals surface area contributed by atoms with E-state index in [2.05, 4.69) is 26.0 Å². The lowest BCUT2D eigenvalue weighted by atomic mass is 10.1. The largest absolute Gasteiger partial charge is 0.493 e. The van der Waals surface area contributed by atoms with E-state index >= 15 is 0 Å². The Labute approximate surface area is 179 Å². The Morgan fingerprint density at radius 1 is 1.14 bits per heavy atom. The molecular weight excluding hydrogens is 438 g/mol. The van der Waals surface area contributed by atoms with Gasteiger partial charge in [0.1, 0.15) is 6.61 Å². The second-order valence-electron chi connectivity index (χ2n) is 6.26. The molecule has 1 amide bonds. The van der Waals surface area contributed by atoms with E-state index < -0.39 is 0 Å². The van der Waals surface area contributed by atoms with Crippen molar-refractivity contribution in [1.29, 1.82) is 0 Å². The van der Waals surface area contributed by atoms with Gasteiger partial charge in [0.05, 0.1) is 25.1 Å². The molecule has 7 heteroatoms. The third-order valence-electron chi connectivity index (χ3n) is 4.04. The molecule has 29 heavy (non-hydrogen) atoms. The molecule has 0 bridgehead atoms. The van der Waals surface area contributed by atoms with Gasteiger partial charge in [0.25, 0.3) is 0 Å². The first-order chi connectivity index (χ1) is 13.9. The molecule has 0 radical (unpaired) electrons. The summed E-state index contributed by atoms with van der Waals surface area (Å²) in [6, 6.07) is 11.7. The van der Waals surface area contributed by atoms with Crippen molar-refractivity contribution in [3.63, 3.8) is 0 Å². The number of rotatable bonds is 9. The van der Waals surface area contributed by atoms with E-state index in [1.807, 2.05) is 37.3 Å². The standard InChI is InChI=1S/C22H24BrNO5/c1-15-4-6-16(7-5-15)14-29-22-18(23)12-17(13-19(22)27-2)8-9-20(25)24-11-10-21(26)28-3/h4-9,12-13H,10-11,14H2,1-3H3,(H,24,25)/b9-8+. The molecule has 0 fully saturated rings. The highest BCUT2D eigenvalue weighted by atomic mass is 79.9. The first-order valence-corrected chi connectivity index (χ1v) is 9.81. The Hall–Kier alpha value is -2.80. The predicted octanol–water partition coefficient (Wildman–Crippen LogP) is 4.04. The predicted molar refractivity (Wildman–Crippen MR) is 115 cm³/mol. The molecule has 6 nitrogen and oxygen atoms in total. The number of aryl methyl sites for hydroxylation is 1. The van der Waals surface area contributed by atoms with Gasteiger partial charge in [-0.3, -0.25) is 9.59 Å². The smallest absolute Gasteiger partial charge is 0.307 e. The number of amides is 1. The van der Waals surface area contributed by atoms with E-state index in [4.69, 9.17) is 9.47 Å². The second-order valence-corrected chi connectivity index (χ2v) is 7.11. The van der Waals surface area contributed by atoms with Crippen molar-refractivity contribution in [1.82, 2.24) is 5.32 Å². The van der Waals surface area contributed by atoms with Gasteiger partial charge in [-0.2, -0.15) is 0 Å². The number of hydrogen-bond donors (Lipinski definition) is 1. The average Bonchev–Trinajstić information content (AvgIpc) is 2.72. The van der Waals surface area contributed by atoms with Crippen LogP contribution in [0.3, 0.4) is 0 Å². The fourth-order valence-electron chi connectivity index (χ4n) is 2.44. The Bertz CT molecular complexity index is 878. The topological polar surface area (TPSA) is 73.9 Å². The molecule has 2 aromatic carbocycles. The number of nitrogens with one attached hydrogen (secondary N) is 1. The van der Waals surface area contributed by atoms with Crippen LogP contribution in [0.2, 0.25) is 0 Å². The van der Waals surface area contributed by atoms with Crippen LogP contribution in [-0.2, 0) is 20.9 Å². The van der Waals surface area contributed by atoms with Crippen LogP contribution in [0.15, 0.2) is 46.9 Å². The van der Waals surface area contributed by atoms with E-state index in [0.717, 1.165) is 15.6 Å². The summed E-state index contributed by atoms with van der Waals surface area (Å²) in [7, 11) is 2.87. The van der Waals surface area contributed by atoms with Crippen LogP contribution in [0.5, 0.6) is 11.5 Å². The van der Waals surface area contributed by atoms with Crippen LogP contribution in [0.4, 0.5) is 0 Å². The fraction of sp³-hybridized carbons (Fsp3) is 0.273. The summed E-state index contributed by atoms with van der Waals surface area (Å²) in [5.74, 6) is 0.470. The molecule has 0 saturated carbocycles. The molecule has 0 unspecified atom stereocenters. The van der Waals surface area contributed by atoms with E-state index in [1.165, 1.54) is 18.7 Å². The van der Waals surface area contributed by atoms with Crippen molar-refractivity contribution in [2.24, 2.45) is 0 Å². The highest BCUT2D eigenvalue weighted by molar-refractivity contribution is 9.10. The molecule has 2 aromatic rings. The number of halogens is 1. The highest BCUT2D eigenvalue weighted by Crippen LogP contribution is 2.37. The lowest BCUT2D eigenvalue weighted by Gasteiger charge is -2.14. The third kappa shape index (κ3) is 7.27. The SMILES string of the molecule is COC(=O)CCNC(=O)/C=C/c1cc(Br)c(OCc2ccc(C)cc2)c(OC)c1. The summed E-state index contributed by atoms with van der Waals surface area (Å²) in [5.41, 5.74) is 3.01. The van der Waals surface area contributed by atoms with Gasteiger partial charge in [-0.1, -0.05) is 29.8 Å². The van der Waals surface area contributed by atoms with E-state index in [-0.39, 0.29) is 24.8 Å². The Morgan fingerprint density at radius 2 is 1.86 bits per heavy atom. The zero-order valence-corrected chi connectivity index (χ0v) is 18.2. The maximum absolute atomic E-state index is 11.9. The van der Waals surface area contributed by atoms with Gasteiger partial charge in [-0.05, 0) is 52.2 Å². The third-order valence-corrected chi connectivity index (χ3v) is 4.63. The number of ether oxygens (including phenoxy) is 3. The molecule has 2 rings (SSSR count). The fourth-order valence-corrected chi connectivity index (χ4v) is 3.01. The number of benzene rings is 2. The summed E-state index contributed by atoms with van der Waals surface area (Å²) in [6.45, 7) is 2.66. The van der Waals surface area contributed by atoms with Gasteiger partial charge >= 0.3 is 5.97 Å². The summed E-state index contributed by atoms with van der Waals surface area (Å²) >= 11 is 3.51. The lowest BCUT2D eigenvalue weighted by Crippen LogP contribution is -2.24. The zero-order chi connectivity index (χ0) is 21.2. The molecule has 0 aliphatic rings. The van der Waals surface area contributed by atoms with Crippen molar-refractivity contribution in [3.8, 4) is 11.5 Å². The maximum Gasteiger partial charge on any atom is 0.307 e. The van der Waals surface area contributed by atoms with Crippen molar-refractivity contribution in [3.05, 3.63) is 63.6 Å². The average molecular weight is 462 g/mol. The quantitative estimate of drug-likeness (QED) is 0.450. The van der Waals surface area contributed by atoms with E-state index in [1.54, 1.807) is 19.3 Å². The van der Waals surface area contributed by atoms with Crippen molar-refractivity contribution in [2.45, 2.75) is 20.0 Å². The van der Waals surface area contributed by atoms with Crippen LogP contribution in [0.25, 0.3) is 6.08 Å². The minimum absolute atomic E-state index is 0.127. The molecule has 1 N–H and O–H groups in total. The normalized spacial score (nSPS) is 10.6. The highest BCUT2D eigenvalue weighted by Gasteiger charge is 2.11. The maximum atomic E-state index is 11.9. The number of carbonyl (C=O) groups is 2. The monoisotopic (exact) mass is 461 g/mol. The lowest BCUT2D eigenvalue weighted by molar-refractivity contribution is -0.140. The molecule has 0 heterocycles. The zero-order valence-electron chi connectivity index (χ0n) is 16.7. The molecule has 0 aliphatic carbocycles. The van der Waals surface area contributed by atoms with E-state index in [0.29, 0.717) is 18.1 Å². The summed E-state index contributed by atoms with van der Waals surface area (Å²) in [5, 5.41) is 2.62. The Kier molecular flexibility index (Phi) is 8.73. The molecule has 154 valence electrons. The number of esters is 1. The van der Waals surface area contributed by atoms with Crippen molar-refractivity contribution in [2.75, 3.05) is 20.8 Å². The van der Waals surface area contributed by atoms with Crippen LogP contribution in [0.1, 0.15) is 23.1 Å². The summed E-state index contributed by atoms with van der Waals surface area (Å²) in [6.07, 6.45) is 3.18. The van der Waals surface area contributed by atoms with Gasteiger partial charge in [0.15, 0.2) is 11.5 Å². The Morgan fingerprint density at radius 3 is 2.52 bits per heavy atom. The van der Waals surface area contributed by atoms with Crippen LogP contribution >= 0.6 is 15.9 Å². The van der Waals surface area contributed by atoms with Crippen molar-refractivity contribution < 1.29 is 23.8 Å². The minimum Gasteiger partial charge on any atom is -0.493 e. The molecule has 0 aliphatic heterocycles. The molecule has 0 spiro atoms. The van der Waals surface area contributed by atoms with Gasteiger partial charge in [-0.15, -0.1) is 0 Å². The summed E-state index contributed by atoms with van der Waals surface area (Å²) in [4.78, 5) is 22.9. The van der Waals surface area contributed by atoms with Gasteiger partial charge < -0.3 is 19.5 Å². The van der Waals surface area contributed by atoms with E-state index in [9.17, 15) is 9.59 Å². The number of methoxy groups -OCH3 is 2. The number of hydrogen-bond acceptors (Lipinski definition) is 5.